The van der Waals surface area contributed by atoms with Crippen LogP contribution in [0.3, 0.4) is 0 Å². The molecular formula is C15H30B2. The van der Waals surface area contributed by atoms with E-state index in [1.54, 1.807) is 6.42 Å². The summed E-state index contributed by atoms with van der Waals surface area (Å²) in [5.74, 6) is 0.989. The zero-order chi connectivity index (χ0) is 12.7. The molecular weight excluding hydrogens is 202 g/mol. The number of hydrogen-bond donors (Lipinski definition) is 0. The molecule has 2 aliphatic rings. The van der Waals surface area contributed by atoms with E-state index < -0.39 is 0 Å². The number of rotatable bonds is 3. The first kappa shape index (κ1) is 13.6. The van der Waals surface area contributed by atoms with Crippen LogP contribution in [0.1, 0.15) is 66.2 Å². The van der Waals surface area contributed by atoms with Crippen LogP contribution >= 0.6 is 0 Å². The van der Waals surface area contributed by atoms with E-state index in [0.717, 1.165) is 11.3 Å². The molecule has 0 aromatic carbocycles. The van der Waals surface area contributed by atoms with Gasteiger partial charge in [0.25, 0.3) is 0 Å². The molecule has 0 bridgehead atoms. The lowest BCUT2D eigenvalue weighted by atomic mass is 9.29. The van der Waals surface area contributed by atoms with Crippen LogP contribution in [0.5, 0.6) is 0 Å². The van der Waals surface area contributed by atoms with Crippen LogP contribution in [0.25, 0.3) is 0 Å². The van der Waals surface area contributed by atoms with E-state index in [2.05, 4.69) is 35.5 Å². The predicted octanol–water partition coefficient (Wildman–Crippen LogP) is 3.63. The van der Waals surface area contributed by atoms with Crippen molar-refractivity contribution >= 4 is 15.1 Å². The molecule has 2 aliphatic carbocycles. The largest absolute Gasteiger partial charge is 0.119 e. The summed E-state index contributed by atoms with van der Waals surface area (Å²) in [5.41, 5.74) is 1.27. The van der Waals surface area contributed by atoms with Crippen LogP contribution < -0.4 is 0 Å². The Morgan fingerprint density at radius 2 is 1.88 bits per heavy atom. The van der Waals surface area contributed by atoms with E-state index >= 15 is 0 Å². The summed E-state index contributed by atoms with van der Waals surface area (Å²) in [4.78, 5) is 0. The SMILES string of the molecule is BC(BCC)(C1CCC2(CCC2)C1)C(C)(C)C. The van der Waals surface area contributed by atoms with Crippen molar-refractivity contribution in [1.82, 2.24) is 0 Å². The Kier molecular flexibility index (Phi) is 3.47. The first-order valence-electron chi connectivity index (χ1n) is 7.83. The summed E-state index contributed by atoms with van der Waals surface area (Å²) < 4.78 is 0. The Morgan fingerprint density at radius 1 is 1.24 bits per heavy atom. The maximum atomic E-state index is 2.58. The van der Waals surface area contributed by atoms with Gasteiger partial charge in [0.15, 0.2) is 0 Å². The summed E-state index contributed by atoms with van der Waals surface area (Å²) >= 11 is 0. The van der Waals surface area contributed by atoms with Gasteiger partial charge in [0.05, 0.1) is 0 Å². The molecule has 0 saturated heterocycles. The lowest BCUT2D eigenvalue weighted by Crippen LogP contribution is -2.41. The van der Waals surface area contributed by atoms with Gasteiger partial charge in [-0.25, -0.2) is 0 Å². The van der Waals surface area contributed by atoms with E-state index in [4.69, 9.17) is 0 Å². The molecule has 0 nitrogen and oxygen atoms in total. The second-order valence-electron chi connectivity index (χ2n) is 8.21. The smallest absolute Gasteiger partial charge is 0.0804 e. The highest BCUT2D eigenvalue weighted by Gasteiger charge is 2.51. The van der Waals surface area contributed by atoms with Crippen LogP contribution in [-0.2, 0) is 0 Å². The van der Waals surface area contributed by atoms with Crippen molar-refractivity contribution in [2.45, 2.75) is 77.8 Å². The van der Waals surface area contributed by atoms with Crippen molar-refractivity contribution in [2.24, 2.45) is 16.7 Å². The molecule has 0 aromatic rings. The van der Waals surface area contributed by atoms with E-state index in [1.807, 2.05) is 0 Å². The van der Waals surface area contributed by atoms with Gasteiger partial charge in [0, 0.05) is 0 Å². The average Bonchev–Trinajstić information content (AvgIpc) is 2.60. The monoisotopic (exact) mass is 232 g/mol. The van der Waals surface area contributed by atoms with Gasteiger partial charge >= 0.3 is 0 Å². The zero-order valence-electron chi connectivity index (χ0n) is 12.7. The lowest BCUT2D eigenvalue weighted by Gasteiger charge is -2.48. The van der Waals surface area contributed by atoms with Gasteiger partial charge in [-0.3, -0.25) is 0 Å². The van der Waals surface area contributed by atoms with Crippen LogP contribution in [0, 0.1) is 16.7 Å². The van der Waals surface area contributed by atoms with Crippen LogP contribution in [0.15, 0.2) is 0 Å². The molecule has 0 aromatic heterocycles. The Bertz CT molecular complexity index is 275. The Hall–Kier alpha value is 0.130. The molecule has 0 amide bonds. The minimum absolute atomic E-state index is 0.461. The van der Waals surface area contributed by atoms with Crippen molar-refractivity contribution in [3.8, 4) is 0 Å². The molecule has 2 rings (SSSR count). The molecule has 2 unspecified atom stereocenters. The molecule has 0 heterocycles. The molecule has 0 radical (unpaired) electrons. The minimum atomic E-state index is 0.461. The summed E-state index contributed by atoms with van der Waals surface area (Å²) in [6.45, 7) is 9.76. The molecule has 96 valence electrons. The Morgan fingerprint density at radius 3 is 2.24 bits per heavy atom. The van der Waals surface area contributed by atoms with Gasteiger partial charge in [-0.1, -0.05) is 52.1 Å². The van der Waals surface area contributed by atoms with Crippen molar-refractivity contribution in [3.05, 3.63) is 0 Å². The maximum Gasteiger partial charge on any atom is 0.119 e. The topological polar surface area (TPSA) is 0 Å². The summed E-state index contributed by atoms with van der Waals surface area (Å²) in [5, 5.41) is 0.556. The number of hydrogen-bond acceptors (Lipinski definition) is 0. The molecule has 2 heteroatoms. The molecule has 0 aliphatic heterocycles. The fourth-order valence-electron chi connectivity index (χ4n) is 4.59. The van der Waals surface area contributed by atoms with Crippen LogP contribution in [0.2, 0.25) is 11.5 Å². The predicted molar refractivity (Wildman–Crippen MR) is 81.9 cm³/mol. The van der Waals surface area contributed by atoms with E-state index in [0.29, 0.717) is 10.6 Å². The molecule has 0 N–H and O–H groups in total. The quantitative estimate of drug-likeness (QED) is 0.651. The van der Waals surface area contributed by atoms with Crippen molar-refractivity contribution in [3.63, 3.8) is 0 Å². The fraction of sp³-hybridized carbons (Fsp3) is 1.00. The third-order valence-electron chi connectivity index (χ3n) is 6.50. The standard InChI is InChI=1S/C15H30B2/c1-5-17-15(16,13(2,3)4)12-7-10-14(11-12)8-6-9-14/h12,17H,5-11,16H2,1-4H3. The lowest BCUT2D eigenvalue weighted by molar-refractivity contribution is 0.127. The fourth-order valence-corrected chi connectivity index (χ4v) is 4.59. The molecule has 17 heavy (non-hydrogen) atoms. The van der Waals surface area contributed by atoms with Gasteiger partial charge in [-0.15, -0.1) is 0 Å². The van der Waals surface area contributed by atoms with Crippen molar-refractivity contribution < 1.29 is 0 Å². The summed E-state index contributed by atoms with van der Waals surface area (Å²) in [6.07, 6.45) is 10.5. The van der Waals surface area contributed by atoms with Crippen molar-refractivity contribution in [2.75, 3.05) is 0 Å². The summed E-state index contributed by atoms with van der Waals surface area (Å²) in [6, 6.07) is 0. The van der Waals surface area contributed by atoms with Crippen LogP contribution in [0.4, 0.5) is 0 Å². The second-order valence-corrected chi connectivity index (χ2v) is 8.21. The maximum absolute atomic E-state index is 2.58. The van der Waals surface area contributed by atoms with E-state index in [1.165, 1.54) is 45.7 Å². The summed E-state index contributed by atoms with van der Waals surface area (Å²) in [7, 11) is 4.00. The molecule has 2 fully saturated rings. The highest BCUT2D eigenvalue weighted by atomic mass is 14.5. The molecule has 1 spiro atoms. The molecule has 2 saturated carbocycles. The van der Waals surface area contributed by atoms with Crippen molar-refractivity contribution in [1.29, 1.82) is 0 Å². The first-order chi connectivity index (χ1) is 7.83. The first-order valence-corrected chi connectivity index (χ1v) is 7.83. The highest BCUT2D eigenvalue weighted by Crippen LogP contribution is 2.63. The minimum Gasteiger partial charge on any atom is -0.0804 e. The second kappa shape index (κ2) is 4.35. The third-order valence-corrected chi connectivity index (χ3v) is 6.50. The van der Waals surface area contributed by atoms with Crippen LogP contribution in [-0.4, -0.2) is 15.1 Å². The zero-order valence-corrected chi connectivity index (χ0v) is 12.7. The molecule has 2 atom stereocenters. The van der Waals surface area contributed by atoms with Gasteiger partial charge in [-0.05, 0) is 42.4 Å². The average molecular weight is 232 g/mol. The third kappa shape index (κ3) is 2.22. The van der Waals surface area contributed by atoms with Gasteiger partial charge in [-0.2, -0.15) is 0 Å². The van der Waals surface area contributed by atoms with Gasteiger partial charge in [0.1, 0.15) is 15.1 Å². The highest BCUT2D eigenvalue weighted by molar-refractivity contribution is 6.54. The Balaban J connectivity index is 2.12. The van der Waals surface area contributed by atoms with E-state index in [9.17, 15) is 0 Å². The van der Waals surface area contributed by atoms with E-state index in [-0.39, 0.29) is 0 Å². The Labute approximate surface area is 110 Å². The normalized spacial score (nSPS) is 30.9. The van der Waals surface area contributed by atoms with Gasteiger partial charge < -0.3 is 0 Å². The van der Waals surface area contributed by atoms with Gasteiger partial charge in [0.2, 0.25) is 0 Å².